The molecule has 0 saturated heterocycles. The second-order valence-electron chi connectivity index (χ2n) is 5.80. The van der Waals surface area contributed by atoms with E-state index in [1.807, 2.05) is 24.3 Å². The summed E-state index contributed by atoms with van der Waals surface area (Å²) in [4.78, 5) is 24.1. The van der Waals surface area contributed by atoms with Crippen molar-refractivity contribution in [2.75, 3.05) is 6.61 Å². The number of halogens is 1. The van der Waals surface area contributed by atoms with E-state index in [9.17, 15) is 9.59 Å². The molecule has 0 aromatic heterocycles. The van der Waals surface area contributed by atoms with Crippen LogP contribution in [0.3, 0.4) is 0 Å². The average molecular weight is 388 g/mol. The van der Waals surface area contributed by atoms with Gasteiger partial charge in [-0.1, -0.05) is 46.3 Å². The van der Waals surface area contributed by atoms with E-state index in [1.165, 1.54) is 5.56 Å². The summed E-state index contributed by atoms with van der Waals surface area (Å²) in [7, 11) is 0. The summed E-state index contributed by atoms with van der Waals surface area (Å²) in [5, 5.41) is 2.97. The van der Waals surface area contributed by atoms with Crippen molar-refractivity contribution in [1.29, 1.82) is 0 Å². The molecule has 1 amide bonds. The van der Waals surface area contributed by atoms with E-state index in [0.29, 0.717) is 5.56 Å². The van der Waals surface area contributed by atoms with E-state index in [0.717, 1.165) is 29.3 Å². The van der Waals surface area contributed by atoms with E-state index >= 15 is 0 Å². The number of carbonyl (C=O) groups is 2. The molecule has 0 spiro atoms. The maximum absolute atomic E-state index is 12.1. The van der Waals surface area contributed by atoms with Crippen LogP contribution in [0.1, 0.15) is 40.4 Å². The van der Waals surface area contributed by atoms with Gasteiger partial charge in [-0.2, -0.15) is 0 Å². The van der Waals surface area contributed by atoms with Crippen molar-refractivity contribution in [3.8, 4) is 0 Å². The molecule has 5 heteroatoms. The Hall–Kier alpha value is -2.14. The average Bonchev–Trinajstić information content (AvgIpc) is 2.60. The van der Waals surface area contributed by atoms with Gasteiger partial charge in [-0.3, -0.25) is 4.79 Å². The van der Waals surface area contributed by atoms with Crippen molar-refractivity contribution in [1.82, 2.24) is 5.32 Å². The molecule has 2 aromatic rings. The van der Waals surface area contributed by atoms with Crippen molar-refractivity contribution < 1.29 is 14.3 Å². The smallest absolute Gasteiger partial charge is 0.338 e. The van der Waals surface area contributed by atoms with Crippen molar-refractivity contribution in [2.24, 2.45) is 0 Å². The van der Waals surface area contributed by atoms with Gasteiger partial charge in [0.1, 0.15) is 0 Å². The number of benzene rings is 2. The van der Waals surface area contributed by atoms with Crippen LogP contribution >= 0.6 is 15.9 Å². The number of ether oxygens (including phenoxy) is 1. The predicted molar refractivity (Wildman–Crippen MR) is 94.7 cm³/mol. The Labute approximate surface area is 149 Å². The lowest BCUT2D eigenvalue weighted by Crippen LogP contribution is -2.34. The van der Waals surface area contributed by atoms with Gasteiger partial charge < -0.3 is 10.1 Å². The molecule has 2 aromatic carbocycles. The van der Waals surface area contributed by atoms with Crippen LogP contribution in [-0.4, -0.2) is 18.5 Å². The maximum Gasteiger partial charge on any atom is 0.338 e. The van der Waals surface area contributed by atoms with Crippen LogP contribution in [0.5, 0.6) is 0 Å². The molecule has 3 rings (SSSR count). The van der Waals surface area contributed by atoms with E-state index < -0.39 is 5.97 Å². The van der Waals surface area contributed by atoms with Crippen LogP contribution < -0.4 is 5.32 Å². The van der Waals surface area contributed by atoms with Gasteiger partial charge in [-0.15, -0.1) is 0 Å². The lowest BCUT2D eigenvalue weighted by molar-refractivity contribution is -0.125. The summed E-state index contributed by atoms with van der Waals surface area (Å²) >= 11 is 3.30. The molecular weight excluding hydrogens is 370 g/mol. The van der Waals surface area contributed by atoms with Crippen molar-refractivity contribution in [3.63, 3.8) is 0 Å². The summed E-state index contributed by atoms with van der Waals surface area (Å²) in [6.45, 7) is -0.274. The van der Waals surface area contributed by atoms with Crippen molar-refractivity contribution in [2.45, 2.75) is 25.3 Å². The van der Waals surface area contributed by atoms with Crippen LogP contribution in [0.15, 0.2) is 53.0 Å². The Balaban J connectivity index is 1.56. The normalized spacial score (nSPS) is 16.1. The quantitative estimate of drug-likeness (QED) is 0.811. The molecular formula is C19H18BrNO3. The minimum absolute atomic E-state index is 0.00739. The summed E-state index contributed by atoms with van der Waals surface area (Å²) < 4.78 is 5.89. The molecule has 1 atom stereocenters. The third-order valence-electron chi connectivity index (χ3n) is 4.10. The highest BCUT2D eigenvalue weighted by Crippen LogP contribution is 2.29. The number of fused-ring (bicyclic) bond motifs is 1. The highest BCUT2D eigenvalue weighted by Gasteiger charge is 2.21. The third-order valence-corrected chi connectivity index (χ3v) is 4.59. The van der Waals surface area contributed by atoms with Gasteiger partial charge in [0.2, 0.25) is 0 Å². The van der Waals surface area contributed by atoms with Gasteiger partial charge in [0, 0.05) is 4.47 Å². The molecule has 124 valence electrons. The second-order valence-corrected chi connectivity index (χ2v) is 6.71. The number of carbonyl (C=O) groups excluding carboxylic acids is 2. The number of nitrogens with one attached hydrogen (secondary N) is 1. The molecule has 0 heterocycles. The Morgan fingerprint density at radius 3 is 2.83 bits per heavy atom. The molecule has 1 aliphatic carbocycles. The SMILES string of the molecule is O=C(COC(=O)c1cccc(Br)c1)N[C@H]1CCCc2ccccc21. The first-order chi connectivity index (χ1) is 11.6. The first-order valence-electron chi connectivity index (χ1n) is 7.93. The predicted octanol–water partition coefficient (Wildman–Crippen LogP) is 3.80. The Morgan fingerprint density at radius 2 is 2.00 bits per heavy atom. The lowest BCUT2D eigenvalue weighted by atomic mass is 9.88. The number of rotatable bonds is 4. The van der Waals surface area contributed by atoms with Crippen LogP contribution in [0.25, 0.3) is 0 Å². The molecule has 0 aliphatic heterocycles. The number of esters is 1. The van der Waals surface area contributed by atoms with Gasteiger partial charge in [0.05, 0.1) is 11.6 Å². The van der Waals surface area contributed by atoms with Crippen molar-refractivity contribution >= 4 is 27.8 Å². The minimum atomic E-state index is -0.504. The third kappa shape index (κ3) is 4.03. The monoisotopic (exact) mass is 387 g/mol. The molecule has 0 unspecified atom stereocenters. The lowest BCUT2D eigenvalue weighted by Gasteiger charge is -2.26. The van der Waals surface area contributed by atoms with Crippen LogP contribution in [0.4, 0.5) is 0 Å². The fourth-order valence-corrected chi connectivity index (χ4v) is 3.37. The van der Waals surface area contributed by atoms with Crippen LogP contribution in [0, 0.1) is 0 Å². The van der Waals surface area contributed by atoms with Crippen molar-refractivity contribution in [3.05, 3.63) is 69.7 Å². The van der Waals surface area contributed by atoms with Gasteiger partial charge in [0.15, 0.2) is 6.61 Å². The Bertz CT molecular complexity index is 760. The first-order valence-corrected chi connectivity index (χ1v) is 8.72. The highest BCUT2D eigenvalue weighted by atomic mass is 79.9. The van der Waals surface area contributed by atoms with E-state index in [1.54, 1.807) is 18.2 Å². The molecule has 4 nitrogen and oxygen atoms in total. The van der Waals surface area contributed by atoms with E-state index in [4.69, 9.17) is 4.74 Å². The fourth-order valence-electron chi connectivity index (χ4n) is 2.97. The number of amides is 1. The minimum Gasteiger partial charge on any atom is -0.452 e. The summed E-state index contributed by atoms with van der Waals surface area (Å²) in [6.07, 6.45) is 2.99. The van der Waals surface area contributed by atoms with E-state index in [2.05, 4.69) is 27.3 Å². The van der Waals surface area contributed by atoms with Gasteiger partial charge in [-0.25, -0.2) is 4.79 Å². The Kier molecular flexibility index (Phi) is 5.30. The van der Waals surface area contributed by atoms with Crippen LogP contribution in [0.2, 0.25) is 0 Å². The summed E-state index contributed by atoms with van der Waals surface area (Å²) in [5.74, 6) is -0.782. The molecule has 0 radical (unpaired) electrons. The van der Waals surface area contributed by atoms with Gasteiger partial charge in [0.25, 0.3) is 5.91 Å². The zero-order valence-electron chi connectivity index (χ0n) is 13.1. The molecule has 0 saturated carbocycles. The Morgan fingerprint density at radius 1 is 1.17 bits per heavy atom. The zero-order chi connectivity index (χ0) is 16.9. The summed E-state index contributed by atoms with van der Waals surface area (Å²) in [5.41, 5.74) is 2.86. The standard InChI is InChI=1S/C19H18BrNO3/c20-15-8-3-7-14(11-15)19(23)24-12-18(22)21-17-10-4-6-13-5-1-2-9-16(13)17/h1-3,5,7-9,11,17H,4,6,10,12H2,(H,21,22)/t17-/m0/s1. The number of hydrogen-bond donors (Lipinski definition) is 1. The number of hydrogen-bond acceptors (Lipinski definition) is 3. The number of aryl methyl sites for hydroxylation is 1. The molecule has 0 fully saturated rings. The molecule has 1 aliphatic rings. The van der Waals surface area contributed by atoms with Gasteiger partial charge >= 0.3 is 5.97 Å². The molecule has 0 bridgehead atoms. The zero-order valence-corrected chi connectivity index (χ0v) is 14.7. The highest BCUT2D eigenvalue weighted by molar-refractivity contribution is 9.10. The molecule has 1 N–H and O–H groups in total. The summed E-state index contributed by atoms with van der Waals surface area (Å²) in [6, 6.07) is 15.0. The molecule has 24 heavy (non-hydrogen) atoms. The fraction of sp³-hybridized carbons (Fsp3) is 0.263. The largest absolute Gasteiger partial charge is 0.452 e. The topological polar surface area (TPSA) is 55.4 Å². The van der Waals surface area contributed by atoms with E-state index in [-0.39, 0.29) is 18.6 Å². The van der Waals surface area contributed by atoms with Gasteiger partial charge in [-0.05, 0) is 48.6 Å². The maximum atomic E-state index is 12.1. The second kappa shape index (κ2) is 7.62. The van der Waals surface area contributed by atoms with Crippen LogP contribution in [-0.2, 0) is 16.0 Å². The first kappa shape index (κ1) is 16.7.